The lowest BCUT2D eigenvalue weighted by molar-refractivity contribution is 0.0754. The minimum absolute atomic E-state index is 0.0290. The number of nitrogens with zero attached hydrogens (tertiary/aromatic N) is 5. The maximum Gasteiger partial charge on any atom is 0.255 e. The number of aromatic nitrogens is 3. The van der Waals surface area contributed by atoms with E-state index in [9.17, 15) is 4.79 Å². The number of carbonyl (C=O) groups excluding carboxylic acids is 1. The number of fused-ring (bicyclic) bond motifs is 1. The van der Waals surface area contributed by atoms with Crippen LogP contribution in [-0.4, -0.2) is 64.0 Å². The maximum atomic E-state index is 12.9. The third-order valence-corrected chi connectivity index (χ3v) is 4.89. The van der Waals surface area contributed by atoms with E-state index in [0.717, 1.165) is 23.6 Å². The number of hydrogen-bond acceptors (Lipinski definition) is 4. The second kappa shape index (κ2) is 8.06. The minimum atomic E-state index is -0.0290. The molecular weight excluding hydrogens is 362 g/mol. The van der Waals surface area contributed by atoms with Gasteiger partial charge in [0.2, 0.25) is 0 Å². The Balaban J connectivity index is 1.96. The van der Waals surface area contributed by atoms with Gasteiger partial charge >= 0.3 is 0 Å². The number of amides is 1. The zero-order valence-electron chi connectivity index (χ0n) is 16.1. The summed E-state index contributed by atoms with van der Waals surface area (Å²) in [7, 11) is 5.89. The molecule has 0 fully saturated rings. The van der Waals surface area contributed by atoms with Crippen molar-refractivity contribution in [2.24, 2.45) is 7.05 Å². The lowest BCUT2D eigenvalue weighted by Crippen LogP contribution is -2.36. The standard InChI is InChI=1S/C20H24ClN5O/c1-5-26(11-10-24(2)3)20(27)14-12-17-19(22-13-14)25(4)18(23-17)15-8-6-7-9-16(15)21/h6-9,12-13H,5,10-11H2,1-4H3. The van der Waals surface area contributed by atoms with Gasteiger partial charge in [0.05, 0.1) is 10.6 Å². The normalized spacial score (nSPS) is 11.3. The van der Waals surface area contributed by atoms with Crippen molar-refractivity contribution in [3.05, 3.63) is 47.1 Å². The molecule has 0 aliphatic carbocycles. The Morgan fingerprint density at radius 3 is 2.63 bits per heavy atom. The molecule has 0 aliphatic rings. The summed E-state index contributed by atoms with van der Waals surface area (Å²) in [6.45, 7) is 4.12. The summed E-state index contributed by atoms with van der Waals surface area (Å²) in [5.74, 6) is 0.700. The summed E-state index contributed by atoms with van der Waals surface area (Å²) in [6, 6.07) is 9.38. The van der Waals surface area contributed by atoms with E-state index >= 15 is 0 Å². The molecule has 1 aromatic carbocycles. The molecule has 0 bridgehead atoms. The van der Waals surface area contributed by atoms with Gasteiger partial charge in [0, 0.05) is 38.4 Å². The molecule has 7 heteroatoms. The van der Waals surface area contributed by atoms with Gasteiger partial charge in [0.25, 0.3) is 5.91 Å². The minimum Gasteiger partial charge on any atom is -0.338 e. The largest absolute Gasteiger partial charge is 0.338 e. The predicted octanol–water partition coefficient (Wildman–Crippen LogP) is 3.31. The monoisotopic (exact) mass is 385 g/mol. The van der Waals surface area contributed by atoms with Gasteiger partial charge in [0.1, 0.15) is 11.3 Å². The number of carbonyl (C=O) groups is 1. The number of imidazole rings is 1. The Hall–Kier alpha value is -2.44. The average Bonchev–Trinajstić information content (AvgIpc) is 2.98. The average molecular weight is 386 g/mol. The van der Waals surface area contributed by atoms with Crippen LogP contribution in [0.2, 0.25) is 5.02 Å². The predicted molar refractivity (Wildman–Crippen MR) is 109 cm³/mol. The van der Waals surface area contributed by atoms with E-state index in [1.165, 1.54) is 0 Å². The van der Waals surface area contributed by atoms with Crippen molar-refractivity contribution < 1.29 is 4.79 Å². The van der Waals surface area contributed by atoms with Crippen LogP contribution < -0.4 is 0 Å². The van der Waals surface area contributed by atoms with E-state index in [-0.39, 0.29) is 5.91 Å². The fourth-order valence-corrected chi connectivity index (χ4v) is 3.20. The summed E-state index contributed by atoms with van der Waals surface area (Å²) >= 11 is 6.32. The number of likely N-dealkylation sites (N-methyl/N-ethyl adjacent to an activating group) is 2. The van der Waals surface area contributed by atoms with E-state index in [0.29, 0.717) is 29.2 Å². The smallest absolute Gasteiger partial charge is 0.255 e. The fourth-order valence-electron chi connectivity index (χ4n) is 2.98. The first-order valence-corrected chi connectivity index (χ1v) is 9.31. The molecule has 0 saturated heterocycles. The molecule has 0 saturated carbocycles. The van der Waals surface area contributed by atoms with E-state index in [1.807, 2.05) is 67.9 Å². The Bertz CT molecular complexity index is 966. The van der Waals surface area contributed by atoms with Crippen molar-refractivity contribution in [1.29, 1.82) is 0 Å². The van der Waals surface area contributed by atoms with Crippen LogP contribution in [0.4, 0.5) is 0 Å². The Kier molecular flexibility index (Phi) is 5.77. The molecule has 2 heterocycles. The van der Waals surface area contributed by atoms with Crippen LogP contribution in [0.1, 0.15) is 17.3 Å². The Labute approximate surface area is 164 Å². The molecule has 142 valence electrons. The molecule has 27 heavy (non-hydrogen) atoms. The first-order valence-electron chi connectivity index (χ1n) is 8.93. The van der Waals surface area contributed by atoms with Gasteiger partial charge in [-0.2, -0.15) is 0 Å². The number of benzene rings is 1. The molecular formula is C20H24ClN5O. The summed E-state index contributed by atoms with van der Waals surface area (Å²) in [6.07, 6.45) is 1.63. The second-order valence-corrected chi connectivity index (χ2v) is 7.14. The van der Waals surface area contributed by atoms with Crippen LogP contribution in [-0.2, 0) is 7.05 Å². The van der Waals surface area contributed by atoms with Crippen LogP contribution in [0.15, 0.2) is 36.5 Å². The lowest BCUT2D eigenvalue weighted by Gasteiger charge is -2.22. The molecule has 6 nitrogen and oxygen atoms in total. The van der Waals surface area contributed by atoms with Gasteiger partial charge < -0.3 is 14.4 Å². The molecule has 0 atom stereocenters. The first kappa shape index (κ1) is 19.3. The third-order valence-electron chi connectivity index (χ3n) is 4.56. The van der Waals surface area contributed by atoms with Crippen LogP contribution in [0.3, 0.4) is 0 Å². The SMILES string of the molecule is CCN(CCN(C)C)C(=O)c1cnc2c(c1)nc(-c1ccccc1Cl)n2C. The van der Waals surface area contributed by atoms with E-state index in [2.05, 4.69) is 14.9 Å². The van der Waals surface area contributed by atoms with Crippen LogP contribution >= 0.6 is 11.6 Å². The van der Waals surface area contributed by atoms with E-state index in [4.69, 9.17) is 11.6 Å². The topological polar surface area (TPSA) is 54.3 Å². The second-order valence-electron chi connectivity index (χ2n) is 6.73. The van der Waals surface area contributed by atoms with Gasteiger partial charge in [-0.1, -0.05) is 23.7 Å². The molecule has 3 aromatic rings. The summed E-state index contributed by atoms with van der Waals surface area (Å²) in [4.78, 5) is 25.9. The number of aryl methyl sites for hydroxylation is 1. The zero-order chi connectivity index (χ0) is 19.6. The van der Waals surface area contributed by atoms with Crippen LogP contribution in [0.25, 0.3) is 22.6 Å². The number of pyridine rings is 1. The third kappa shape index (κ3) is 3.96. The van der Waals surface area contributed by atoms with Gasteiger partial charge in [-0.3, -0.25) is 4.79 Å². The summed E-state index contributed by atoms with van der Waals surface area (Å²) < 4.78 is 1.90. The number of rotatable bonds is 6. The summed E-state index contributed by atoms with van der Waals surface area (Å²) in [5, 5.41) is 0.632. The van der Waals surface area contributed by atoms with Crippen molar-refractivity contribution in [2.45, 2.75) is 6.92 Å². The van der Waals surface area contributed by atoms with Gasteiger partial charge in [-0.05, 0) is 39.2 Å². The van der Waals surface area contributed by atoms with Gasteiger partial charge in [-0.25, -0.2) is 9.97 Å². The molecule has 0 N–H and O–H groups in total. The quantitative estimate of drug-likeness (QED) is 0.653. The molecule has 1 amide bonds. The van der Waals surface area contributed by atoms with E-state index in [1.54, 1.807) is 6.20 Å². The number of halogens is 1. The zero-order valence-corrected chi connectivity index (χ0v) is 16.9. The van der Waals surface area contributed by atoms with Crippen molar-refractivity contribution in [1.82, 2.24) is 24.3 Å². The highest BCUT2D eigenvalue weighted by atomic mass is 35.5. The van der Waals surface area contributed by atoms with Gasteiger partial charge in [0.15, 0.2) is 5.65 Å². The molecule has 0 aliphatic heterocycles. The van der Waals surface area contributed by atoms with Crippen LogP contribution in [0.5, 0.6) is 0 Å². The molecule has 0 spiro atoms. The summed E-state index contributed by atoms with van der Waals surface area (Å²) in [5.41, 5.74) is 2.79. The highest BCUT2D eigenvalue weighted by molar-refractivity contribution is 6.33. The lowest BCUT2D eigenvalue weighted by atomic mass is 10.2. The highest BCUT2D eigenvalue weighted by Gasteiger charge is 2.18. The fraction of sp³-hybridized carbons (Fsp3) is 0.350. The highest BCUT2D eigenvalue weighted by Crippen LogP contribution is 2.29. The first-order chi connectivity index (χ1) is 12.9. The van der Waals surface area contributed by atoms with Gasteiger partial charge in [-0.15, -0.1) is 0 Å². The molecule has 0 radical (unpaired) electrons. The van der Waals surface area contributed by atoms with Crippen molar-refractivity contribution >= 4 is 28.7 Å². The maximum absolute atomic E-state index is 12.9. The molecule has 0 unspecified atom stereocenters. The van der Waals surface area contributed by atoms with E-state index < -0.39 is 0 Å². The Morgan fingerprint density at radius 1 is 1.22 bits per heavy atom. The van der Waals surface area contributed by atoms with Crippen molar-refractivity contribution in [3.63, 3.8) is 0 Å². The Morgan fingerprint density at radius 2 is 1.96 bits per heavy atom. The van der Waals surface area contributed by atoms with Crippen LogP contribution in [0, 0.1) is 0 Å². The number of hydrogen-bond donors (Lipinski definition) is 0. The molecule has 2 aromatic heterocycles. The molecule has 3 rings (SSSR count). The van der Waals surface area contributed by atoms with Crippen molar-refractivity contribution in [3.8, 4) is 11.4 Å². The van der Waals surface area contributed by atoms with Crippen molar-refractivity contribution in [2.75, 3.05) is 33.7 Å².